The van der Waals surface area contributed by atoms with Gasteiger partial charge in [0.15, 0.2) is 11.6 Å². The van der Waals surface area contributed by atoms with Crippen molar-refractivity contribution in [3.63, 3.8) is 0 Å². The molecule has 0 unspecified atom stereocenters. The zero-order valence-corrected chi connectivity index (χ0v) is 10.4. The van der Waals surface area contributed by atoms with E-state index < -0.39 is 5.82 Å². The summed E-state index contributed by atoms with van der Waals surface area (Å²) in [6.07, 6.45) is 7.09. The second-order valence-electron chi connectivity index (χ2n) is 4.23. The maximum Gasteiger partial charge on any atom is 0.168 e. The first-order valence-corrected chi connectivity index (χ1v) is 6.35. The van der Waals surface area contributed by atoms with Crippen molar-refractivity contribution >= 4 is 0 Å². The molecule has 0 aliphatic heterocycles. The standard InChI is InChI=1S/C14H21FO2/c1-2-3-4-5-6-7-10-17-14-9-8-12(16)11-13(14)15/h8-9,11,16H,2-7,10H2,1H3. The Bertz CT molecular complexity index is 326. The van der Waals surface area contributed by atoms with Crippen LogP contribution in [0.1, 0.15) is 45.4 Å². The van der Waals surface area contributed by atoms with E-state index in [1.54, 1.807) is 0 Å². The smallest absolute Gasteiger partial charge is 0.168 e. The molecular formula is C14H21FO2. The summed E-state index contributed by atoms with van der Waals surface area (Å²) in [5.41, 5.74) is 0. The lowest BCUT2D eigenvalue weighted by atomic mass is 10.1. The van der Waals surface area contributed by atoms with Crippen LogP contribution in [0.4, 0.5) is 4.39 Å². The molecule has 0 aromatic heterocycles. The van der Waals surface area contributed by atoms with Crippen LogP contribution in [0.3, 0.4) is 0 Å². The minimum Gasteiger partial charge on any atom is -0.508 e. The summed E-state index contributed by atoms with van der Waals surface area (Å²) < 4.78 is 18.6. The monoisotopic (exact) mass is 240 g/mol. The van der Waals surface area contributed by atoms with Crippen LogP contribution < -0.4 is 4.74 Å². The van der Waals surface area contributed by atoms with E-state index in [0.29, 0.717) is 6.61 Å². The zero-order chi connectivity index (χ0) is 12.5. The Morgan fingerprint density at radius 3 is 2.53 bits per heavy atom. The van der Waals surface area contributed by atoms with Gasteiger partial charge in [0.05, 0.1) is 6.61 Å². The lowest BCUT2D eigenvalue weighted by Crippen LogP contribution is -1.99. The molecule has 0 radical (unpaired) electrons. The highest BCUT2D eigenvalue weighted by Gasteiger charge is 2.03. The first-order chi connectivity index (χ1) is 8.24. The summed E-state index contributed by atoms with van der Waals surface area (Å²) in [6.45, 7) is 2.73. The number of benzene rings is 1. The molecule has 96 valence electrons. The van der Waals surface area contributed by atoms with Crippen molar-refractivity contribution in [3.8, 4) is 11.5 Å². The fourth-order valence-corrected chi connectivity index (χ4v) is 1.67. The third-order valence-electron chi connectivity index (χ3n) is 2.67. The fourth-order valence-electron chi connectivity index (χ4n) is 1.67. The molecule has 0 spiro atoms. The number of phenolic OH excluding ortho intramolecular Hbond substituents is 1. The molecule has 1 rings (SSSR count). The molecule has 0 saturated carbocycles. The molecule has 0 saturated heterocycles. The van der Waals surface area contributed by atoms with Crippen LogP contribution in [0.15, 0.2) is 18.2 Å². The van der Waals surface area contributed by atoms with E-state index in [2.05, 4.69) is 6.92 Å². The Balaban J connectivity index is 2.14. The highest BCUT2D eigenvalue weighted by Crippen LogP contribution is 2.21. The number of rotatable bonds is 8. The Labute approximate surface area is 102 Å². The second-order valence-corrected chi connectivity index (χ2v) is 4.23. The third kappa shape index (κ3) is 5.57. The van der Waals surface area contributed by atoms with E-state index >= 15 is 0 Å². The minimum atomic E-state index is -0.504. The molecule has 3 heteroatoms. The average molecular weight is 240 g/mol. The van der Waals surface area contributed by atoms with Crippen LogP contribution >= 0.6 is 0 Å². The summed E-state index contributed by atoms with van der Waals surface area (Å²) >= 11 is 0. The Hall–Kier alpha value is -1.25. The summed E-state index contributed by atoms with van der Waals surface area (Å²) in [4.78, 5) is 0. The van der Waals surface area contributed by atoms with Gasteiger partial charge in [0.25, 0.3) is 0 Å². The summed E-state index contributed by atoms with van der Waals surface area (Å²) in [5, 5.41) is 9.03. The molecule has 0 atom stereocenters. The maximum absolute atomic E-state index is 13.2. The molecule has 0 aliphatic rings. The third-order valence-corrected chi connectivity index (χ3v) is 2.67. The highest BCUT2D eigenvalue weighted by atomic mass is 19.1. The van der Waals surface area contributed by atoms with E-state index in [1.165, 1.54) is 37.8 Å². The first kappa shape index (κ1) is 13.8. The molecule has 0 amide bonds. The lowest BCUT2D eigenvalue weighted by molar-refractivity contribution is 0.289. The van der Waals surface area contributed by atoms with Gasteiger partial charge in [-0.2, -0.15) is 0 Å². The van der Waals surface area contributed by atoms with Gasteiger partial charge in [-0.3, -0.25) is 0 Å². The molecule has 1 aromatic rings. The van der Waals surface area contributed by atoms with Crippen LogP contribution in [-0.4, -0.2) is 11.7 Å². The first-order valence-electron chi connectivity index (χ1n) is 6.35. The molecule has 2 nitrogen and oxygen atoms in total. The van der Waals surface area contributed by atoms with Gasteiger partial charge in [-0.15, -0.1) is 0 Å². The number of aromatic hydroxyl groups is 1. The van der Waals surface area contributed by atoms with Crippen molar-refractivity contribution < 1.29 is 14.2 Å². The number of hydrogen-bond donors (Lipinski definition) is 1. The van der Waals surface area contributed by atoms with Gasteiger partial charge >= 0.3 is 0 Å². The van der Waals surface area contributed by atoms with Crippen LogP contribution in [0.25, 0.3) is 0 Å². The van der Waals surface area contributed by atoms with Gasteiger partial charge in [0.2, 0.25) is 0 Å². The summed E-state index contributed by atoms with van der Waals surface area (Å²) in [6, 6.07) is 3.96. The van der Waals surface area contributed by atoms with Crippen molar-refractivity contribution in [3.05, 3.63) is 24.0 Å². The zero-order valence-electron chi connectivity index (χ0n) is 10.4. The van der Waals surface area contributed by atoms with E-state index in [4.69, 9.17) is 9.84 Å². The number of phenols is 1. The Morgan fingerprint density at radius 1 is 1.12 bits per heavy atom. The molecule has 0 bridgehead atoms. The second kappa shape index (κ2) is 7.93. The fraction of sp³-hybridized carbons (Fsp3) is 0.571. The quantitative estimate of drug-likeness (QED) is 0.687. The van der Waals surface area contributed by atoms with Crippen LogP contribution in [0, 0.1) is 5.82 Å². The number of halogens is 1. The van der Waals surface area contributed by atoms with Gasteiger partial charge in [0, 0.05) is 6.07 Å². The molecule has 0 heterocycles. The Kier molecular flexibility index (Phi) is 6.45. The molecular weight excluding hydrogens is 219 g/mol. The SMILES string of the molecule is CCCCCCCCOc1ccc(O)cc1F. The van der Waals surface area contributed by atoms with E-state index in [9.17, 15) is 4.39 Å². The van der Waals surface area contributed by atoms with Crippen LogP contribution in [0.5, 0.6) is 11.5 Å². The summed E-state index contributed by atoms with van der Waals surface area (Å²) in [5.74, 6) is -0.359. The van der Waals surface area contributed by atoms with Crippen molar-refractivity contribution in [2.45, 2.75) is 45.4 Å². The van der Waals surface area contributed by atoms with Crippen molar-refractivity contribution in [2.75, 3.05) is 6.61 Å². The van der Waals surface area contributed by atoms with Crippen molar-refractivity contribution in [2.24, 2.45) is 0 Å². The molecule has 0 fully saturated rings. The predicted molar refractivity (Wildman–Crippen MR) is 66.9 cm³/mol. The lowest BCUT2D eigenvalue weighted by Gasteiger charge is -2.07. The minimum absolute atomic E-state index is 0.0746. The van der Waals surface area contributed by atoms with Gasteiger partial charge in [-0.25, -0.2) is 4.39 Å². The summed E-state index contributed by atoms with van der Waals surface area (Å²) in [7, 11) is 0. The highest BCUT2D eigenvalue weighted by molar-refractivity contribution is 5.31. The van der Waals surface area contributed by atoms with E-state index in [-0.39, 0.29) is 11.5 Å². The largest absolute Gasteiger partial charge is 0.508 e. The van der Waals surface area contributed by atoms with E-state index in [1.807, 2.05) is 0 Å². The molecule has 1 aromatic carbocycles. The predicted octanol–water partition coefficient (Wildman–Crippen LogP) is 4.27. The number of ether oxygens (including phenoxy) is 1. The van der Waals surface area contributed by atoms with Crippen LogP contribution in [-0.2, 0) is 0 Å². The average Bonchev–Trinajstić information content (AvgIpc) is 2.30. The molecule has 17 heavy (non-hydrogen) atoms. The maximum atomic E-state index is 13.2. The van der Waals surface area contributed by atoms with E-state index in [0.717, 1.165) is 18.9 Å². The van der Waals surface area contributed by atoms with Crippen molar-refractivity contribution in [1.82, 2.24) is 0 Å². The number of hydrogen-bond acceptors (Lipinski definition) is 2. The molecule has 1 N–H and O–H groups in total. The number of unbranched alkanes of at least 4 members (excludes halogenated alkanes) is 5. The molecule has 0 aliphatic carbocycles. The van der Waals surface area contributed by atoms with Crippen molar-refractivity contribution in [1.29, 1.82) is 0 Å². The topological polar surface area (TPSA) is 29.5 Å². The van der Waals surface area contributed by atoms with Gasteiger partial charge < -0.3 is 9.84 Å². The van der Waals surface area contributed by atoms with Crippen LogP contribution in [0.2, 0.25) is 0 Å². The normalized spacial score (nSPS) is 10.5. The Morgan fingerprint density at radius 2 is 1.82 bits per heavy atom. The van der Waals surface area contributed by atoms with Gasteiger partial charge in [-0.1, -0.05) is 39.0 Å². The van der Waals surface area contributed by atoms with Gasteiger partial charge in [0.1, 0.15) is 5.75 Å². The van der Waals surface area contributed by atoms with Gasteiger partial charge in [-0.05, 0) is 18.6 Å².